The number of phenolic OH excluding ortho intramolecular Hbond substituents is 3. The lowest BCUT2D eigenvalue weighted by molar-refractivity contribution is -0.159. The minimum absolute atomic E-state index is 0.0224. The van der Waals surface area contributed by atoms with Crippen molar-refractivity contribution in [2.45, 2.75) is 308 Å². The third kappa shape index (κ3) is 44.2. The molecule has 0 radical (unpaired) electrons. The molecule has 11 heteroatoms. The van der Waals surface area contributed by atoms with Crippen LogP contribution in [-0.2, 0) is 30.2 Å². The molecule has 8 aromatic rings. The third-order valence-electron chi connectivity index (χ3n) is 20.9. The van der Waals surface area contributed by atoms with E-state index in [1.54, 1.807) is 36.4 Å². The Hall–Kier alpha value is -8.38. The van der Waals surface area contributed by atoms with E-state index in [9.17, 15) is 9.59 Å². The fourth-order valence-electron chi connectivity index (χ4n) is 11.5. The quantitative estimate of drug-likeness (QED) is 0.0234. The van der Waals surface area contributed by atoms with Gasteiger partial charge in [-0.15, -0.1) is 0 Å². The van der Waals surface area contributed by atoms with Crippen molar-refractivity contribution >= 4 is 11.9 Å². The summed E-state index contributed by atoms with van der Waals surface area (Å²) in [6.45, 7) is 47.1. The fraction of sp³-hybridized carbons (Fsp3) is 0.505. The minimum Gasteiger partial charge on any atom is -0.508 e. The molecule has 112 heavy (non-hydrogen) atoms. The number of hydrogen-bond donors (Lipinski definition) is 3. The molecule has 618 valence electrons. The van der Waals surface area contributed by atoms with E-state index in [2.05, 4.69) is 176 Å². The molecule has 9 rings (SSSR count). The van der Waals surface area contributed by atoms with Crippen LogP contribution in [0.15, 0.2) is 206 Å². The van der Waals surface area contributed by atoms with Crippen molar-refractivity contribution in [3.05, 3.63) is 251 Å². The van der Waals surface area contributed by atoms with Crippen molar-refractivity contribution in [2.75, 3.05) is 13.2 Å². The second-order valence-electron chi connectivity index (χ2n) is 31.1. The van der Waals surface area contributed by atoms with Crippen LogP contribution in [0.4, 0.5) is 0 Å². The molecule has 1 aliphatic carbocycles. The molecule has 10 atom stereocenters. The molecular weight excluding hydrogens is 1390 g/mol. The topological polar surface area (TPSA) is 150 Å². The van der Waals surface area contributed by atoms with Gasteiger partial charge >= 0.3 is 11.9 Å². The molecule has 0 aromatic heterocycles. The highest BCUT2D eigenvalue weighted by atomic mass is 16.7. The van der Waals surface area contributed by atoms with Gasteiger partial charge in [-0.25, -0.2) is 0 Å². The summed E-state index contributed by atoms with van der Waals surface area (Å²) in [4.78, 5) is 21.8. The molecule has 10 unspecified atom stereocenters. The SMILES string of the molecule is CCC(C)C(=O)OC(C)(C)C.CCC(C)c1ccc(O)cc1.CCC(C)c1ccc(O)cc1.CCC(C)c1ccc(O)cc1.CCC(C)c1ccc(OC(C)=O)cc1.CCC(C)c1ccc(OC(C)OCCC2CCCCC2)cc1.CCC(C)c1ccc(OC(C)OCCc2ccccc2)cc1.CCC(C)c1ccccc1. The van der Waals surface area contributed by atoms with Gasteiger partial charge in [-0.3, -0.25) is 9.59 Å². The highest BCUT2D eigenvalue weighted by Gasteiger charge is 2.20. The second-order valence-corrected chi connectivity index (χ2v) is 31.1. The number of carbonyl (C=O) groups is 2. The van der Waals surface area contributed by atoms with Gasteiger partial charge in [0.2, 0.25) is 0 Å². The van der Waals surface area contributed by atoms with Crippen molar-refractivity contribution in [1.29, 1.82) is 0 Å². The molecule has 8 aromatic carbocycles. The van der Waals surface area contributed by atoms with Gasteiger partial charge in [0.25, 0.3) is 0 Å². The Morgan fingerprint density at radius 3 is 0.946 bits per heavy atom. The van der Waals surface area contributed by atoms with Crippen LogP contribution in [0.5, 0.6) is 34.5 Å². The lowest BCUT2D eigenvalue weighted by Gasteiger charge is -2.22. The highest BCUT2D eigenvalue weighted by molar-refractivity contribution is 5.72. The summed E-state index contributed by atoms with van der Waals surface area (Å²) in [5.41, 5.74) is 10.3. The average molecular weight is 1540 g/mol. The summed E-state index contributed by atoms with van der Waals surface area (Å²) >= 11 is 0. The predicted molar refractivity (Wildman–Crippen MR) is 471 cm³/mol. The van der Waals surface area contributed by atoms with Gasteiger partial charge in [0, 0.05) is 6.92 Å². The predicted octanol–water partition coefficient (Wildman–Crippen LogP) is 28.5. The molecule has 11 nitrogen and oxygen atoms in total. The first-order valence-corrected chi connectivity index (χ1v) is 42.2. The van der Waals surface area contributed by atoms with Crippen molar-refractivity contribution in [3.63, 3.8) is 0 Å². The van der Waals surface area contributed by atoms with E-state index in [0.29, 0.717) is 71.0 Å². The summed E-state index contributed by atoms with van der Waals surface area (Å²) in [5.74, 6) is 8.18. The van der Waals surface area contributed by atoms with Crippen LogP contribution in [0.25, 0.3) is 0 Å². The van der Waals surface area contributed by atoms with E-state index in [4.69, 9.17) is 43.7 Å². The first kappa shape index (κ1) is 99.7. The van der Waals surface area contributed by atoms with E-state index < -0.39 is 0 Å². The number of hydrogen-bond acceptors (Lipinski definition) is 11. The van der Waals surface area contributed by atoms with Crippen LogP contribution >= 0.6 is 0 Å². The highest BCUT2D eigenvalue weighted by Crippen LogP contribution is 2.30. The van der Waals surface area contributed by atoms with Gasteiger partial charge in [0.1, 0.15) is 40.1 Å². The summed E-state index contributed by atoms with van der Waals surface area (Å²) in [7, 11) is 0. The molecule has 1 fully saturated rings. The van der Waals surface area contributed by atoms with Gasteiger partial charge in [0.15, 0.2) is 12.6 Å². The van der Waals surface area contributed by atoms with E-state index in [0.717, 1.165) is 69.0 Å². The minimum atomic E-state index is -0.347. The Morgan fingerprint density at radius 1 is 0.366 bits per heavy atom. The van der Waals surface area contributed by atoms with Gasteiger partial charge < -0.3 is 43.7 Å². The standard InChI is InChI=1S/C20H32O2.C20H26O2.C12H16O2.3C10H14O.C10H14.C9H18O2/c2*1-4-16(2)19-10-12-20(13-11-19)22-17(3)21-15-14-18-8-6-5-7-9-18;1-4-9(2)11-5-7-12(8-6-11)14-10(3)13;3*1-3-8(2)9-4-6-10(11)7-5-9;1-3-9(2)10-7-5-4-6-8-10;1-6-7(2)8(10)11-9(3,4)5/h10-13,16-18H,4-9,14-15H2,1-3H3;5-13,16-17H,4,14-15H2,1-3H3;5-9H,4H2,1-3H3;3*4-8,11H,3H2,1-2H3;4-9H,3H2,1-2H3;7H,6H2,1-5H3. The summed E-state index contributed by atoms with van der Waals surface area (Å²) in [5, 5.41) is 27.0. The molecule has 0 heterocycles. The molecule has 0 aliphatic heterocycles. The summed E-state index contributed by atoms with van der Waals surface area (Å²) in [6.07, 6.45) is 17.6. The Balaban J connectivity index is 0.000000444. The van der Waals surface area contributed by atoms with Crippen LogP contribution in [0.1, 0.15) is 328 Å². The first-order valence-electron chi connectivity index (χ1n) is 42.2. The summed E-state index contributed by atoms with van der Waals surface area (Å²) < 4.78 is 33.3. The number of aromatic hydroxyl groups is 3. The van der Waals surface area contributed by atoms with Crippen LogP contribution < -0.4 is 14.2 Å². The maximum absolute atomic E-state index is 11.2. The Kier molecular flexibility index (Phi) is 51.3. The van der Waals surface area contributed by atoms with Crippen molar-refractivity contribution in [2.24, 2.45) is 11.8 Å². The largest absolute Gasteiger partial charge is 0.508 e. The van der Waals surface area contributed by atoms with Gasteiger partial charge in [-0.05, 0) is 263 Å². The Morgan fingerprint density at radius 2 is 0.652 bits per heavy atom. The Bertz CT molecular complexity index is 3480. The van der Waals surface area contributed by atoms with Crippen LogP contribution in [0.2, 0.25) is 0 Å². The zero-order chi connectivity index (χ0) is 83.4. The molecular formula is C101H148O11. The van der Waals surface area contributed by atoms with Crippen LogP contribution in [-0.4, -0.2) is 58.7 Å². The van der Waals surface area contributed by atoms with E-state index >= 15 is 0 Å². The normalized spacial score (nSPS) is 14.3. The van der Waals surface area contributed by atoms with Crippen LogP contribution in [0.3, 0.4) is 0 Å². The number of carbonyl (C=O) groups excluding carboxylic acids is 2. The third-order valence-corrected chi connectivity index (χ3v) is 20.9. The fourth-order valence-corrected chi connectivity index (χ4v) is 11.5. The number of esters is 2. The first-order chi connectivity index (χ1) is 53.4. The number of benzene rings is 8. The number of phenols is 3. The molecule has 0 amide bonds. The zero-order valence-corrected chi connectivity index (χ0v) is 73.1. The van der Waals surface area contributed by atoms with Gasteiger partial charge in [-0.1, -0.05) is 276 Å². The second kappa shape index (κ2) is 57.6. The maximum Gasteiger partial charge on any atom is 0.309 e. The molecule has 0 spiro atoms. The molecule has 0 saturated heterocycles. The zero-order valence-electron chi connectivity index (χ0n) is 73.1. The van der Waals surface area contributed by atoms with Gasteiger partial charge in [0.05, 0.1) is 19.1 Å². The average Bonchev–Trinajstić information content (AvgIpc) is 0.929. The molecule has 1 saturated carbocycles. The monoisotopic (exact) mass is 1540 g/mol. The van der Waals surface area contributed by atoms with E-state index in [-0.39, 0.29) is 36.0 Å². The number of ether oxygens (including phenoxy) is 6. The van der Waals surface area contributed by atoms with Crippen molar-refractivity contribution in [1.82, 2.24) is 0 Å². The molecule has 0 bridgehead atoms. The Labute approximate surface area is 680 Å². The maximum atomic E-state index is 11.2. The molecule has 3 N–H and O–H groups in total. The van der Waals surface area contributed by atoms with Gasteiger partial charge in [-0.2, -0.15) is 0 Å². The smallest absolute Gasteiger partial charge is 0.309 e. The molecule has 1 aliphatic rings. The van der Waals surface area contributed by atoms with Crippen molar-refractivity contribution < 1.29 is 53.3 Å². The van der Waals surface area contributed by atoms with E-state index in [1.807, 2.05) is 139 Å². The number of rotatable bonds is 29. The summed E-state index contributed by atoms with van der Waals surface area (Å²) in [6, 6.07) is 67.7. The lowest BCUT2D eigenvalue weighted by Crippen LogP contribution is -2.27. The lowest BCUT2D eigenvalue weighted by atomic mass is 9.87. The van der Waals surface area contributed by atoms with Crippen LogP contribution in [0, 0.1) is 11.8 Å². The van der Waals surface area contributed by atoms with Crippen molar-refractivity contribution in [3.8, 4) is 34.5 Å². The van der Waals surface area contributed by atoms with E-state index in [1.165, 1.54) is 103 Å².